The summed E-state index contributed by atoms with van der Waals surface area (Å²) in [6.45, 7) is 4.58. The first kappa shape index (κ1) is 18.2. The number of likely N-dealkylation sites (tertiary alicyclic amines) is 2. The van der Waals surface area contributed by atoms with E-state index in [-0.39, 0.29) is 23.9 Å². The summed E-state index contributed by atoms with van der Waals surface area (Å²) >= 11 is 0. The zero-order chi connectivity index (χ0) is 18.5. The number of hydrogen-bond acceptors (Lipinski definition) is 3. The molecule has 2 fully saturated rings. The lowest BCUT2D eigenvalue weighted by molar-refractivity contribution is 0.101. The average molecular weight is 358 g/mol. The van der Waals surface area contributed by atoms with E-state index in [9.17, 15) is 14.4 Å². The van der Waals surface area contributed by atoms with Crippen molar-refractivity contribution in [1.29, 1.82) is 0 Å². The minimum absolute atomic E-state index is 0.00348. The van der Waals surface area contributed by atoms with Crippen LogP contribution < -0.4 is 10.6 Å². The van der Waals surface area contributed by atoms with Gasteiger partial charge < -0.3 is 20.4 Å². The number of amides is 4. The van der Waals surface area contributed by atoms with Gasteiger partial charge in [0, 0.05) is 43.5 Å². The Morgan fingerprint density at radius 2 is 1.50 bits per heavy atom. The molecular formula is C19H26N4O3. The van der Waals surface area contributed by atoms with Crippen LogP contribution in [0, 0.1) is 0 Å². The lowest BCUT2D eigenvalue weighted by Gasteiger charge is -2.34. The summed E-state index contributed by atoms with van der Waals surface area (Å²) in [4.78, 5) is 39.6. The van der Waals surface area contributed by atoms with Crippen LogP contribution >= 0.6 is 0 Å². The summed E-state index contributed by atoms with van der Waals surface area (Å²) in [6.07, 6.45) is 3.71. The predicted octanol–water partition coefficient (Wildman–Crippen LogP) is 2.69. The molecule has 0 aliphatic carbocycles. The molecule has 4 amide bonds. The number of Topliss-reactive ketones (excluding diaryl/α,β-unsaturated/α-hetero) is 1. The van der Waals surface area contributed by atoms with Crippen LogP contribution in [0.25, 0.3) is 0 Å². The minimum Gasteiger partial charge on any atom is -0.335 e. The molecule has 26 heavy (non-hydrogen) atoms. The molecule has 7 heteroatoms. The van der Waals surface area contributed by atoms with Crippen LogP contribution in [0.15, 0.2) is 24.3 Å². The highest BCUT2D eigenvalue weighted by Gasteiger charge is 2.28. The molecule has 0 spiro atoms. The fourth-order valence-electron chi connectivity index (χ4n) is 3.46. The maximum atomic E-state index is 12.4. The van der Waals surface area contributed by atoms with Gasteiger partial charge in [0.25, 0.3) is 0 Å². The predicted molar refractivity (Wildman–Crippen MR) is 99.4 cm³/mol. The molecule has 0 radical (unpaired) electrons. The Kier molecular flexibility index (Phi) is 5.75. The highest BCUT2D eigenvalue weighted by molar-refractivity contribution is 5.95. The molecule has 2 N–H and O–H groups in total. The maximum Gasteiger partial charge on any atom is 0.319 e. The molecule has 0 bridgehead atoms. The quantitative estimate of drug-likeness (QED) is 0.815. The number of hydrogen-bond donors (Lipinski definition) is 2. The number of carbonyl (C=O) groups excluding carboxylic acids is 3. The molecule has 2 aliphatic rings. The number of benzene rings is 1. The number of carbonyl (C=O) groups is 3. The van der Waals surface area contributed by atoms with E-state index in [1.54, 1.807) is 24.3 Å². The van der Waals surface area contributed by atoms with Crippen LogP contribution in [0.5, 0.6) is 0 Å². The normalized spacial score (nSPS) is 17.9. The Bertz CT molecular complexity index is 660. The van der Waals surface area contributed by atoms with Gasteiger partial charge in [0.05, 0.1) is 0 Å². The number of nitrogens with one attached hydrogen (secondary N) is 2. The Hall–Kier alpha value is -2.57. The molecule has 0 atom stereocenters. The topological polar surface area (TPSA) is 81.8 Å². The van der Waals surface area contributed by atoms with Gasteiger partial charge in [0.15, 0.2) is 5.78 Å². The van der Waals surface area contributed by atoms with Crippen molar-refractivity contribution in [2.75, 3.05) is 31.5 Å². The van der Waals surface area contributed by atoms with E-state index in [1.165, 1.54) is 6.92 Å². The van der Waals surface area contributed by atoms with Crippen molar-refractivity contribution in [2.24, 2.45) is 0 Å². The van der Waals surface area contributed by atoms with Crippen molar-refractivity contribution in [2.45, 2.75) is 38.6 Å². The van der Waals surface area contributed by atoms with Crippen LogP contribution in [-0.2, 0) is 0 Å². The van der Waals surface area contributed by atoms with E-state index in [0.29, 0.717) is 24.3 Å². The SMILES string of the molecule is CC(=O)c1ccc(NC(=O)NC2CCN(C(=O)N3CCCC3)CC2)cc1. The summed E-state index contributed by atoms with van der Waals surface area (Å²) in [5.74, 6) is -0.00348. The highest BCUT2D eigenvalue weighted by Crippen LogP contribution is 2.16. The van der Waals surface area contributed by atoms with Crippen molar-refractivity contribution >= 4 is 23.5 Å². The third-order valence-corrected chi connectivity index (χ3v) is 5.03. The lowest BCUT2D eigenvalue weighted by atomic mass is 10.1. The van der Waals surface area contributed by atoms with E-state index in [4.69, 9.17) is 0 Å². The van der Waals surface area contributed by atoms with Crippen LogP contribution in [0.4, 0.5) is 15.3 Å². The minimum atomic E-state index is -0.259. The molecule has 0 unspecified atom stereocenters. The Morgan fingerprint density at radius 1 is 0.923 bits per heavy atom. The third kappa shape index (κ3) is 4.53. The van der Waals surface area contributed by atoms with Gasteiger partial charge in [-0.2, -0.15) is 0 Å². The molecule has 1 aromatic rings. The molecule has 0 aromatic heterocycles. The van der Waals surface area contributed by atoms with Gasteiger partial charge in [-0.05, 0) is 56.9 Å². The van der Waals surface area contributed by atoms with Gasteiger partial charge >= 0.3 is 12.1 Å². The van der Waals surface area contributed by atoms with Gasteiger partial charge in [0.2, 0.25) is 0 Å². The smallest absolute Gasteiger partial charge is 0.319 e. The Labute approximate surface area is 153 Å². The second-order valence-corrected chi connectivity index (χ2v) is 6.97. The first-order valence-electron chi connectivity index (χ1n) is 9.25. The molecule has 7 nitrogen and oxygen atoms in total. The number of ketones is 1. The summed E-state index contributed by atoms with van der Waals surface area (Å²) in [7, 11) is 0. The standard InChI is InChI=1S/C19H26N4O3/c1-14(24)15-4-6-16(7-5-15)20-18(25)21-17-8-12-23(13-9-17)19(26)22-10-2-3-11-22/h4-7,17H,2-3,8-13H2,1H3,(H2,20,21,25). The second-order valence-electron chi connectivity index (χ2n) is 6.97. The van der Waals surface area contributed by atoms with Crippen molar-refractivity contribution in [1.82, 2.24) is 15.1 Å². The third-order valence-electron chi connectivity index (χ3n) is 5.03. The van der Waals surface area contributed by atoms with Crippen LogP contribution in [0.1, 0.15) is 43.0 Å². The van der Waals surface area contributed by atoms with Gasteiger partial charge in [-0.15, -0.1) is 0 Å². The fraction of sp³-hybridized carbons (Fsp3) is 0.526. The molecule has 2 aliphatic heterocycles. The van der Waals surface area contributed by atoms with Gasteiger partial charge in [0.1, 0.15) is 0 Å². The summed E-state index contributed by atoms with van der Waals surface area (Å²) < 4.78 is 0. The Morgan fingerprint density at radius 3 is 2.08 bits per heavy atom. The molecule has 140 valence electrons. The van der Waals surface area contributed by atoms with Crippen LogP contribution in [-0.4, -0.2) is 59.9 Å². The van der Waals surface area contributed by atoms with Crippen molar-refractivity contribution in [3.63, 3.8) is 0 Å². The summed E-state index contributed by atoms with van der Waals surface area (Å²) in [5, 5.41) is 5.75. The zero-order valence-electron chi connectivity index (χ0n) is 15.2. The number of rotatable bonds is 3. The van der Waals surface area contributed by atoms with Gasteiger partial charge in [-0.3, -0.25) is 4.79 Å². The molecule has 0 saturated carbocycles. The number of nitrogens with zero attached hydrogens (tertiary/aromatic N) is 2. The zero-order valence-corrected chi connectivity index (χ0v) is 15.2. The number of urea groups is 2. The maximum absolute atomic E-state index is 12.4. The first-order chi connectivity index (χ1) is 12.5. The van der Waals surface area contributed by atoms with E-state index in [1.807, 2.05) is 9.80 Å². The van der Waals surface area contributed by atoms with E-state index >= 15 is 0 Å². The molecule has 2 heterocycles. The van der Waals surface area contributed by atoms with Crippen LogP contribution in [0.3, 0.4) is 0 Å². The van der Waals surface area contributed by atoms with Crippen molar-refractivity contribution < 1.29 is 14.4 Å². The number of anilines is 1. The van der Waals surface area contributed by atoms with Crippen molar-refractivity contribution in [3.05, 3.63) is 29.8 Å². The summed E-state index contributed by atoms with van der Waals surface area (Å²) in [5.41, 5.74) is 1.26. The highest BCUT2D eigenvalue weighted by atomic mass is 16.2. The molecule has 1 aromatic carbocycles. The largest absolute Gasteiger partial charge is 0.335 e. The van der Waals surface area contributed by atoms with Gasteiger partial charge in [-0.25, -0.2) is 9.59 Å². The van der Waals surface area contributed by atoms with E-state index in [0.717, 1.165) is 38.8 Å². The fourth-order valence-corrected chi connectivity index (χ4v) is 3.46. The molecule has 2 saturated heterocycles. The summed E-state index contributed by atoms with van der Waals surface area (Å²) in [6, 6.07) is 6.76. The van der Waals surface area contributed by atoms with E-state index in [2.05, 4.69) is 10.6 Å². The first-order valence-corrected chi connectivity index (χ1v) is 9.25. The Balaban J connectivity index is 1.43. The average Bonchev–Trinajstić information content (AvgIpc) is 3.17. The van der Waals surface area contributed by atoms with Gasteiger partial charge in [-0.1, -0.05) is 0 Å². The monoisotopic (exact) mass is 358 g/mol. The van der Waals surface area contributed by atoms with Crippen molar-refractivity contribution in [3.8, 4) is 0 Å². The number of piperidine rings is 1. The molecule has 3 rings (SSSR count). The molecular weight excluding hydrogens is 332 g/mol. The second kappa shape index (κ2) is 8.21. The lowest BCUT2D eigenvalue weighted by Crippen LogP contribution is -2.50. The van der Waals surface area contributed by atoms with E-state index < -0.39 is 0 Å². The van der Waals surface area contributed by atoms with Crippen LogP contribution in [0.2, 0.25) is 0 Å².